The van der Waals surface area contributed by atoms with E-state index in [9.17, 15) is 14.7 Å². The third-order valence-corrected chi connectivity index (χ3v) is 6.03. The molecule has 1 unspecified atom stereocenters. The van der Waals surface area contributed by atoms with E-state index < -0.39 is 28.6 Å². The van der Waals surface area contributed by atoms with Gasteiger partial charge in [0.05, 0.1) is 10.9 Å². The molecule has 2 aromatic rings. The fraction of sp³-hybridized carbons (Fsp3) is 0.545. The van der Waals surface area contributed by atoms with Crippen LogP contribution in [0.2, 0.25) is 0 Å². The average molecular weight is 419 g/mol. The Bertz CT molecular complexity index is 1030. The van der Waals surface area contributed by atoms with Crippen molar-refractivity contribution >= 4 is 22.6 Å². The van der Waals surface area contributed by atoms with Crippen LogP contribution in [0.25, 0.3) is 10.9 Å². The summed E-state index contributed by atoms with van der Waals surface area (Å²) < 4.78 is 32.4. The van der Waals surface area contributed by atoms with Crippen LogP contribution in [0.4, 0.5) is 14.5 Å². The molecule has 1 aliphatic carbocycles. The molecule has 1 atom stereocenters. The molecule has 2 N–H and O–H groups in total. The van der Waals surface area contributed by atoms with E-state index in [2.05, 4.69) is 12.2 Å². The number of nitrogens with one attached hydrogen (secondary N) is 1. The van der Waals surface area contributed by atoms with Gasteiger partial charge in [-0.3, -0.25) is 4.79 Å². The Balaban J connectivity index is 1.85. The number of halogens is 2. The molecular weight excluding hydrogens is 392 g/mol. The Morgan fingerprint density at radius 3 is 2.70 bits per heavy atom. The van der Waals surface area contributed by atoms with E-state index in [0.29, 0.717) is 13.1 Å². The number of nitrogens with zero attached hydrogens (tertiary/aromatic N) is 2. The minimum absolute atomic E-state index is 0.00575. The molecule has 8 heteroatoms. The summed E-state index contributed by atoms with van der Waals surface area (Å²) in [6.45, 7) is 3.94. The molecular formula is C22H27F2N3O3. The Labute approximate surface area is 173 Å². The van der Waals surface area contributed by atoms with E-state index in [-0.39, 0.29) is 28.7 Å². The van der Waals surface area contributed by atoms with Gasteiger partial charge in [-0.25, -0.2) is 13.6 Å². The van der Waals surface area contributed by atoms with Crippen LogP contribution in [0.1, 0.15) is 61.8 Å². The highest BCUT2D eigenvalue weighted by atomic mass is 19.1. The fourth-order valence-electron chi connectivity index (χ4n) is 4.37. The normalized spacial score (nSPS) is 19.8. The predicted octanol–water partition coefficient (Wildman–Crippen LogP) is 3.67. The summed E-state index contributed by atoms with van der Waals surface area (Å²) >= 11 is 0. The maximum Gasteiger partial charge on any atom is 0.341 e. The van der Waals surface area contributed by atoms with Crippen LogP contribution >= 0.6 is 0 Å². The van der Waals surface area contributed by atoms with Gasteiger partial charge >= 0.3 is 5.97 Å². The zero-order chi connectivity index (χ0) is 21.4. The molecule has 4 rings (SSSR count). The van der Waals surface area contributed by atoms with Gasteiger partial charge in [0.1, 0.15) is 17.1 Å². The molecule has 0 bridgehead atoms. The summed E-state index contributed by atoms with van der Waals surface area (Å²) in [6, 6.07) is 1.09. The Kier molecular flexibility index (Phi) is 5.77. The predicted molar refractivity (Wildman–Crippen MR) is 112 cm³/mol. The molecule has 1 aromatic heterocycles. The smallest absolute Gasteiger partial charge is 0.341 e. The third kappa shape index (κ3) is 3.80. The maximum atomic E-state index is 15.8. The molecule has 2 aliphatic rings. The van der Waals surface area contributed by atoms with Gasteiger partial charge in [0.2, 0.25) is 5.43 Å². The van der Waals surface area contributed by atoms with E-state index in [1.807, 2.05) is 0 Å². The van der Waals surface area contributed by atoms with Gasteiger partial charge in [0.15, 0.2) is 5.82 Å². The molecule has 1 saturated heterocycles. The summed E-state index contributed by atoms with van der Waals surface area (Å²) in [5.74, 6) is -2.99. The maximum absolute atomic E-state index is 15.8. The second kappa shape index (κ2) is 8.34. The third-order valence-electron chi connectivity index (χ3n) is 6.03. The van der Waals surface area contributed by atoms with Crippen molar-refractivity contribution in [1.82, 2.24) is 9.88 Å². The van der Waals surface area contributed by atoms with Crippen LogP contribution in [-0.4, -0.2) is 41.3 Å². The number of carbonyl (C=O) groups is 1. The molecule has 2 heterocycles. The average Bonchev–Trinajstić information content (AvgIpc) is 3.54. The molecule has 1 aromatic carbocycles. The summed E-state index contributed by atoms with van der Waals surface area (Å²) in [6.07, 6.45) is 6.49. The number of pyridine rings is 1. The number of carboxylic acids is 1. The Morgan fingerprint density at radius 1 is 1.27 bits per heavy atom. The number of carboxylic acid groups (broad SMARTS) is 1. The van der Waals surface area contributed by atoms with Gasteiger partial charge < -0.3 is 19.9 Å². The van der Waals surface area contributed by atoms with Crippen LogP contribution in [0.15, 0.2) is 17.1 Å². The van der Waals surface area contributed by atoms with Gasteiger partial charge in [-0.2, -0.15) is 0 Å². The number of anilines is 1. The lowest BCUT2D eigenvalue weighted by molar-refractivity contribution is 0.0694. The van der Waals surface area contributed by atoms with Gasteiger partial charge in [-0.05, 0) is 44.7 Å². The van der Waals surface area contributed by atoms with Crippen LogP contribution < -0.4 is 15.6 Å². The molecule has 0 radical (unpaired) electrons. The first-order valence-electron chi connectivity index (χ1n) is 10.7. The molecule has 1 aliphatic heterocycles. The number of fused-ring (bicyclic) bond motifs is 1. The number of rotatable bonds is 6. The van der Waals surface area contributed by atoms with Crippen molar-refractivity contribution in [2.24, 2.45) is 0 Å². The quantitative estimate of drug-likeness (QED) is 0.747. The molecule has 6 nitrogen and oxygen atoms in total. The number of hydrogen-bond acceptors (Lipinski definition) is 4. The SMILES string of the molecule is CCCNC1CCCCN(c2c(F)cc3c(=O)c(C(=O)O)cn(C4CC4)c3c2F)C1. The highest BCUT2D eigenvalue weighted by Crippen LogP contribution is 2.39. The number of hydrogen-bond donors (Lipinski definition) is 2. The first kappa shape index (κ1) is 20.8. The van der Waals surface area contributed by atoms with E-state index in [1.165, 1.54) is 10.8 Å². The van der Waals surface area contributed by atoms with Gasteiger partial charge in [-0.15, -0.1) is 0 Å². The van der Waals surface area contributed by atoms with E-state index in [1.54, 1.807) is 4.90 Å². The van der Waals surface area contributed by atoms with E-state index >= 15 is 8.78 Å². The van der Waals surface area contributed by atoms with Gasteiger partial charge in [-0.1, -0.05) is 13.3 Å². The topological polar surface area (TPSA) is 74.6 Å². The Morgan fingerprint density at radius 2 is 2.03 bits per heavy atom. The van der Waals surface area contributed by atoms with Crippen molar-refractivity contribution in [2.45, 2.75) is 57.5 Å². The molecule has 162 valence electrons. The minimum Gasteiger partial charge on any atom is -0.477 e. The minimum atomic E-state index is -1.39. The van der Waals surface area contributed by atoms with Crippen molar-refractivity contribution in [3.63, 3.8) is 0 Å². The molecule has 30 heavy (non-hydrogen) atoms. The standard InChI is InChI=1S/C22H27F2N3O3/c1-2-8-25-13-5-3-4-9-26(11-13)20-17(23)10-15-19(18(20)24)27(14-6-7-14)12-16(21(15)28)22(29)30/h10,12-14,25H,2-9,11H2,1H3,(H,29,30). The number of aromatic carboxylic acids is 1. The lowest BCUT2D eigenvalue weighted by Gasteiger charge is -2.28. The first-order valence-corrected chi connectivity index (χ1v) is 10.7. The molecule has 0 spiro atoms. The zero-order valence-electron chi connectivity index (χ0n) is 17.1. The summed E-state index contributed by atoms with van der Waals surface area (Å²) in [4.78, 5) is 25.9. The number of benzene rings is 1. The van der Waals surface area contributed by atoms with Gasteiger partial charge in [0, 0.05) is 31.4 Å². The zero-order valence-corrected chi connectivity index (χ0v) is 17.1. The first-order chi connectivity index (χ1) is 14.4. The largest absolute Gasteiger partial charge is 0.477 e. The molecule has 0 amide bonds. The van der Waals surface area contributed by atoms with Crippen molar-refractivity contribution in [1.29, 1.82) is 0 Å². The fourth-order valence-corrected chi connectivity index (χ4v) is 4.37. The summed E-state index contributed by atoms with van der Waals surface area (Å²) in [5, 5.41) is 12.6. The highest BCUT2D eigenvalue weighted by Gasteiger charge is 2.31. The van der Waals surface area contributed by atoms with Crippen molar-refractivity contribution < 1.29 is 18.7 Å². The number of aromatic nitrogens is 1. The van der Waals surface area contributed by atoms with Crippen molar-refractivity contribution in [2.75, 3.05) is 24.5 Å². The summed E-state index contributed by atoms with van der Waals surface area (Å²) in [5.41, 5.74) is -1.42. The monoisotopic (exact) mass is 419 g/mol. The Hall–Kier alpha value is -2.48. The summed E-state index contributed by atoms with van der Waals surface area (Å²) in [7, 11) is 0. The molecule has 1 saturated carbocycles. The second-order valence-electron chi connectivity index (χ2n) is 8.33. The lowest BCUT2D eigenvalue weighted by atomic mass is 10.1. The van der Waals surface area contributed by atoms with Crippen molar-refractivity contribution in [3.8, 4) is 0 Å². The lowest BCUT2D eigenvalue weighted by Crippen LogP contribution is -2.40. The molecule has 2 fully saturated rings. The second-order valence-corrected chi connectivity index (χ2v) is 8.33. The van der Waals surface area contributed by atoms with E-state index in [0.717, 1.165) is 51.1 Å². The van der Waals surface area contributed by atoms with Crippen LogP contribution in [-0.2, 0) is 0 Å². The van der Waals surface area contributed by atoms with Gasteiger partial charge in [0.25, 0.3) is 0 Å². The van der Waals surface area contributed by atoms with Crippen LogP contribution in [0.5, 0.6) is 0 Å². The van der Waals surface area contributed by atoms with Crippen LogP contribution in [0.3, 0.4) is 0 Å². The van der Waals surface area contributed by atoms with E-state index in [4.69, 9.17) is 0 Å². The highest BCUT2D eigenvalue weighted by molar-refractivity contribution is 5.94. The van der Waals surface area contributed by atoms with Crippen molar-refractivity contribution in [3.05, 3.63) is 39.7 Å². The van der Waals surface area contributed by atoms with Crippen LogP contribution in [0, 0.1) is 11.6 Å².